The van der Waals surface area contributed by atoms with Gasteiger partial charge in [0, 0.05) is 12.0 Å². The summed E-state index contributed by atoms with van der Waals surface area (Å²) in [6.07, 6.45) is 3.94. The van der Waals surface area contributed by atoms with Gasteiger partial charge in [-0.05, 0) is 24.9 Å². The third kappa shape index (κ3) is 3.84. The minimum absolute atomic E-state index is 0.138. The predicted octanol–water partition coefficient (Wildman–Crippen LogP) is 2.56. The summed E-state index contributed by atoms with van der Waals surface area (Å²) in [6, 6.07) is 7.89. The maximum Gasteiger partial charge on any atom is 0.164 e. The van der Waals surface area contributed by atoms with E-state index in [1.54, 1.807) is 0 Å². The SMILES string of the molecule is CCCCc1ccc(C(=O)CCN)cc1. The molecule has 0 unspecified atom stereocenters. The highest BCUT2D eigenvalue weighted by Gasteiger charge is 2.03. The number of hydrogen-bond donors (Lipinski definition) is 1. The zero-order chi connectivity index (χ0) is 11.1. The third-order valence-corrected chi connectivity index (χ3v) is 2.47. The summed E-state index contributed by atoms with van der Waals surface area (Å²) in [6.45, 7) is 2.61. The van der Waals surface area contributed by atoms with Gasteiger partial charge in [0.1, 0.15) is 0 Å². The average Bonchev–Trinajstić information content (AvgIpc) is 2.27. The lowest BCUT2D eigenvalue weighted by Gasteiger charge is -2.02. The third-order valence-electron chi connectivity index (χ3n) is 2.47. The first-order valence-electron chi connectivity index (χ1n) is 5.60. The van der Waals surface area contributed by atoms with E-state index in [0.29, 0.717) is 13.0 Å². The zero-order valence-electron chi connectivity index (χ0n) is 9.33. The Hall–Kier alpha value is -1.15. The predicted molar refractivity (Wildman–Crippen MR) is 63.1 cm³/mol. The summed E-state index contributed by atoms with van der Waals surface area (Å²) in [4.78, 5) is 11.5. The number of nitrogens with two attached hydrogens (primary N) is 1. The smallest absolute Gasteiger partial charge is 0.164 e. The van der Waals surface area contributed by atoms with Crippen LogP contribution < -0.4 is 5.73 Å². The molecule has 2 nitrogen and oxygen atoms in total. The van der Waals surface area contributed by atoms with Crippen LogP contribution in [0.5, 0.6) is 0 Å². The van der Waals surface area contributed by atoms with Crippen LogP contribution in [0.1, 0.15) is 42.1 Å². The highest BCUT2D eigenvalue weighted by atomic mass is 16.1. The van der Waals surface area contributed by atoms with Gasteiger partial charge < -0.3 is 5.73 Å². The van der Waals surface area contributed by atoms with Crippen molar-refractivity contribution in [2.24, 2.45) is 5.73 Å². The molecule has 2 N–H and O–H groups in total. The maximum absolute atomic E-state index is 11.5. The molecule has 1 aromatic carbocycles. The summed E-state index contributed by atoms with van der Waals surface area (Å²) in [7, 11) is 0. The highest BCUT2D eigenvalue weighted by Crippen LogP contribution is 2.09. The zero-order valence-corrected chi connectivity index (χ0v) is 9.33. The van der Waals surface area contributed by atoms with E-state index in [-0.39, 0.29) is 5.78 Å². The van der Waals surface area contributed by atoms with Crippen molar-refractivity contribution >= 4 is 5.78 Å². The van der Waals surface area contributed by atoms with Gasteiger partial charge in [0.15, 0.2) is 5.78 Å². The number of hydrogen-bond acceptors (Lipinski definition) is 2. The van der Waals surface area contributed by atoms with Gasteiger partial charge in [0.2, 0.25) is 0 Å². The summed E-state index contributed by atoms with van der Waals surface area (Å²) in [5.41, 5.74) is 7.43. The van der Waals surface area contributed by atoms with Crippen LogP contribution in [-0.4, -0.2) is 12.3 Å². The summed E-state index contributed by atoms with van der Waals surface area (Å²) in [5, 5.41) is 0. The summed E-state index contributed by atoms with van der Waals surface area (Å²) in [5.74, 6) is 0.138. The van der Waals surface area contributed by atoms with Gasteiger partial charge in [0.05, 0.1) is 0 Å². The van der Waals surface area contributed by atoms with Gasteiger partial charge in [-0.15, -0.1) is 0 Å². The quantitative estimate of drug-likeness (QED) is 0.725. The second-order valence-electron chi connectivity index (χ2n) is 3.76. The Bertz CT molecular complexity index is 303. The standard InChI is InChI=1S/C13H19NO/c1-2-3-4-11-5-7-12(8-6-11)13(15)9-10-14/h5-8H,2-4,9-10,14H2,1H3. The summed E-state index contributed by atoms with van der Waals surface area (Å²) < 4.78 is 0. The molecule has 0 saturated carbocycles. The van der Waals surface area contributed by atoms with Gasteiger partial charge >= 0.3 is 0 Å². The molecule has 0 heterocycles. The first kappa shape index (κ1) is 11.9. The number of aryl methyl sites for hydroxylation is 1. The van der Waals surface area contributed by atoms with E-state index in [1.807, 2.05) is 24.3 Å². The fourth-order valence-electron chi connectivity index (χ4n) is 1.51. The van der Waals surface area contributed by atoms with Crippen molar-refractivity contribution < 1.29 is 4.79 Å². The van der Waals surface area contributed by atoms with Crippen LogP contribution >= 0.6 is 0 Å². The number of benzene rings is 1. The van der Waals surface area contributed by atoms with Crippen LogP contribution in [0.3, 0.4) is 0 Å². The van der Waals surface area contributed by atoms with E-state index in [9.17, 15) is 4.79 Å². The minimum Gasteiger partial charge on any atom is -0.330 e. The number of ketones is 1. The van der Waals surface area contributed by atoms with Crippen molar-refractivity contribution in [2.45, 2.75) is 32.6 Å². The molecule has 0 amide bonds. The summed E-state index contributed by atoms with van der Waals surface area (Å²) >= 11 is 0. The Balaban J connectivity index is 2.59. The molecule has 0 bridgehead atoms. The second kappa shape index (κ2) is 6.36. The Labute approximate surface area is 91.5 Å². The lowest BCUT2D eigenvalue weighted by molar-refractivity contribution is 0.0985. The molecule has 0 radical (unpaired) electrons. The molecular formula is C13H19NO. The van der Waals surface area contributed by atoms with Crippen molar-refractivity contribution in [3.05, 3.63) is 35.4 Å². The minimum atomic E-state index is 0.138. The van der Waals surface area contributed by atoms with Crippen molar-refractivity contribution in [3.8, 4) is 0 Å². The molecule has 1 aromatic rings. The van der Waals surface area contributed by atoms with Gasteiger partial charge in [-0.25, -0.2) is 0 Å². The number of carbonyl (C=O) groups excluding carboxylic acids is 1. The number of unbranched alkanes of at least 4 members (excludes halogenated alkanes) is 1. The topological polar surface area (TPSA) is 43.1 Å². The van der Waals surface area contributed by atoms with Crippen LogP contribution in [0.4, 0.5) is 0 Å². The Kier molecular flexibility index (Phi) is 5.05. The normalized spacial score (nSPS) is 10.3. The van der Waals surface area contributed by atoms with Crippen LogP contribution in [-0.2, 0) is 6.42 Å². The molecule has 0 aromatic heterocycles. The fraction of sp³-hybridized carbons (Fsp3) is 0.462. The first-order chi connectivity index (χ1) is 7.27. The van der Waals surface area contributed by atoms with E-state index in [4.69, 9.17) is 5.73 Å². The monoisotopic (exact) mass is 205 g/mol. The number of Topliss-reactive ketones (excluding diaryl/α,β-unsaturated/α-hetero) is 1. The van der Waals surface area contributed by atoms with E-state index in [1.165, 1.54) is 18.4 Å². The van der Waals surface area contributed by atoms with Gasteiger partial charge in [0.25, 0.3) is 0 Å². The van der Waals surface area contributed by atoms with Crippen molar-refractivity contribution in [3.63, 3.8) is 0 Å². The first-order valence-corrected chi connectivity index (χ1v) is 5.60. The fourth-order valence-corrected chi connectivity index (χ4v) is 1.51. The molecule has 0 saturated heterocycles. The van der Waals surface area contributed by atoms with Crippen LogP contribution in [0, 0.1) is 0 Å². The van der Waals surface area contributed by atoms with Crippen molar-refractivity contribution in [2.75, 3.05) is 6.54 Å². The lowest BCUT2D eigenvalue weighted by Crippen LogP contribution is -2.07. The molecule has 0 aliphatic rings. The largest absolute Gasteiger partial charge is 0.330 e. The molecule has 82 valence electrons. The van der Waals surface area contributed by atoms with Crippen LogP contribution in [0.15, 0.2) is 24.3 Å². The molecular weight excluding hydrogens is 186 g/mol. The van der Waals surface area contributed by atoms with Gasteiger partial charge in [-0.3, -0.25) is 4.79 Å². The average molecular weight is 205 g/mol. The number of carbonyl (C=O) groups is 1. The van der Waals surface area contributed by atoms with E-state index < -0.39 is 0 Å². The highest BCUT2D eigenvalue weighted by molar-refractivity contribution is 5.96. The van der Waals surface area contributed by atoms with E-state index >= 15 is 0 Å². The van der Waals surface area contributed by atoms with Crippen LogP contribution in [0.2, 0.25) is 0 Å². The molecule has 0 atom stereocenters. The molecule has 1 rings (SSSR count). The molecule has 0 fully saturated rings. The van der Waals surface area contributed by atoms with Crippen LogP contribution in [0.25, 0.3) is 0 Å². The Morgan fingerprint density at radius 2 is 1.93 bits per heavy atom. The molecule has 15 heavy (non-hydrogen) atoms. The lowest BCUT2D eigenvalue weighted by atomic mass is 10.0. The number of rotatable bonds is 6. The van der Waals surface area contributed by atoms with E-state index in [0.717, 1.165) is 12.0 Å². The molecule has 2 heteroatoms. The Morgan fingerprint density at radius 1 is 1.27 bits per heavy atom. The molecule has 0 aliphatic heterocycles. The maximum atomic E-state index is 11.5. The van der Waals surface area contributed by atoms with Gasteiger partial charge in [-0.1, -0.05) is 37.6 Å². The molecule has 0 spiro atoms. The second-order valence-corrected chi connectivity index (χ2v) is 3.76. The molecule has 0 aliphatic carbocycles. The van der Waals surface area contributed by atoms with E-state index in [2.05, 4.69) is 6.92 Å². The van der Waals surface area contributed by atoms with Gasteiger partial charge in [-0.2, -0.15) is 0 Å². The van der Waals surface area contributed by atoms with Crippen molar-refractivity contribution in [1.29, 1.82) is 0 Å². The van der Waals surface area contributed by atoms with Crippen molar-refractivity contribution in [1.82, 2.24) is 0 Å². The Morgan fingerprint density at radius 3 is 2.47 bits per heavy atom.